The molecule has 2 nitrogen and oxygen atoms in total. The fourth-order valence-electron chi connectivity index (χ4n) is 0.963. The van der Waals surface area contributed by atoms with Crippen LogP contribution in [0.1, 0.15) is 40.5 Å². The van der Waals surface area contributed by atoms with Gasteiger partial charge in [0.2, 0.25) is 0 Å². The van der Waals surface area contributed by atoms with Gasteiger partial charge in [0.15, 0.2) is 0 Å². The molecular formula is C9H18O2. The van der Waals surface area contributed by atoms with Crippen LogP contribution in [0.2, 0.25) is 0 Å². The minimum absolute atomic E-state index is 0.0411. The summed E-state index contributed by atoms with van der Waals surface area (Å²) in [6, 6.07) is 0. The van der Waals surface area contributed by atoms with Gasteiger partial charge in [0.1, 0.15) is 6.10 Å². The molecule has 1 aliphatic rings. The number of carbonyl (C=O) groups is 1. The zero-order valence-corrected chi connectivity index (χ0v) is 7.89. The van der Waals surface area contributed by atoms with Crippen LogP contribution < -0.4 is 0 Å². The summed E-state index contributed by atoms with van der Waals surface area (Å²) in [6.45, 7) is 8.05. The van der Waals surface area contributed by atoms with Crippen molar-refractivity contribution in [3.05, 3.63) is 0 Å². The van der Waals surface area contributed by atoms with E-state index in [2.05, 4.69) is 6.92 Å². The van der Waals surface area contributed by atoms with Crippen LogP contribution >= 0.6 is 0 Å². The summed E-state index contributed by atoms with van der Waals surface area (Å²) >= 11 is 0. The molecule has 1 saturated heterocycles. The predicted molar refractivity (Wildman–Crippen MR) is 45.3 cm³/mol. The van der Waals surface area contributed by atoms with Gasteiger partial charge in [-0.25, -0.2) is 0 Å². The van der Waals surface area contributed by atoms with Gasteiger partial charge < -0.3 is 4.74 Å². The molecule has 66 valence electrons. The fraction of sp³-hybridized carbons (Fsp3) is 0.889. The maximum absolute atomic E-state index is 10.6. The van der Waals surface area contributed by atoms with Crippen molar-refractivity contribution in [1.29, 1.82) is 0 Å². The van der Waals surface area contributed by atoms with Crippen LogP contribution in [-0.4, -0.2) is 12.1 Å². The van der Waals surface area contributed by atoms with Gasteiger partial charge in [0.25, 0.3) is 0 Å². The van der Waals surface area contributed by atoms with Crippen molar-refractivity contribution >= 4 is 5.97 Å². The van der Waals surface area contributed by atoms with E-state index >= 15 is 0 Å². The summed E-state index contributed by atoms with van der Waals surface area (Å²) in [4.78, 5) is 10.6. The molecule has 0 spiro atoms. The first-order chi connectivity index (χ1) is 5.20. The van der Waals surface area contributed by atoms with Crippen molar-refractivity contribution in [1.82, 2.24) is 0 Å². The number of hydrogen-bond acceptors (Lipinski definition) is 2. The second kappa shape index (κ2) is 5.16. The van der Waals surface area contributed by atoms with Crippen molar-refractivity contribution < 1.29 is 9.53 Å². The molecule has 1 aliphatic heterocycles. The lowest BCUT2D eigenvalue weighted by Gasteiger charge is -2.24. The Balaban J connectivity index is 0.000000461. The summed E-state index contributed by atoms with van der Waals surface area (Å²) in [6.07, 6.45) is 1.72. The molecule has 0 aromatic carbocycles. The van der Waals surface area contributed by atoms with Gasteiger partial charge in [-0.1, -0.05) is 20.8 Å². The molecule has 0 aromatic heterocycles. The van der Waals surface area contributed by atoms with Gasteiger partial charge in [-0.15, -0.1) is 0 Å². The summed E-state index contributed by atoms with van der Waals surface area (Å²) in [5.74, 6) is 0.503. The lowest BCUT2D eigenvalue weighted by Crippen LogP contribution is -2.27. The van der Waals surface area contributed by atoms with Crippen molar-refractivity contribution in [2.45, 2.75) is 46.6 Å². The molecule has 0 unspecified atom stereocenters. The second-order valence-electron chi connectivity index (χ2n) is 2.71. The van der Waals surface area contributed by atoms with E-state index in [-0.39, 0.29) is 12.1 Å². The summed E-state index contributed by atoms with van der Waals surface area (Å²) in [5, 5.41) is 0. The van der Waals surface area contributed by atoms with Crippen molar-refractivity contribution in [2.24, 2.45) is 5.92 Å². The molecular weight excluding hydrogens is 140 g/mol. The van der Waals surface area contributed by atoms with E-state index in [1.54, 1.807) is 0 Å². The lowest BCUT2D eigenvalue weighted by molar-refractivity contribution is -0.156. The van der Waals surface area contributed by atoms with Gasteiger partial charge in [0, 0.05) is 6.42 Å². The van der Waals surface area contributed by atoms with Crippen molar-refractivity contribution in [2.75, 3.05) is 0 Å². The van der Waals surface area contributed by atoms with Crippen LogP contribution in [0.5, 0.6) is 0 Å². The number of cyclic esters (lactones) is 1. The number of carbonyl (C=O) groups excluding carboxylic acids is 1. The molecule has 0 saturated carbocycles. The largest absolute Gasteiger partial charge is 0.462 e. The zero-order chi connectivity index (χ0) is 8.85. The van der Waals surface area contributed by atoms with Gasteiger partial charge in [0.05, 0.1) is 0 Å². The van der Waals surface area contributed by atoms with E-state index in [0.717, 1.165) is 6.42 Å². The Morgan fingerprint density at radius 1 is 1.36 bits per heavy atom. The Kier molecular flexibility index (Phi) is 4.92. The third-order valence-corrected chi connectivity index (χ3v) is 1.92. The van der Waals surface area contributed by atoms with Gasteiger partial charge in [-0.3, -0.25) is 4.79 Å². The number of ether oxygens (including phenoxy) is 1. The minimum Gasteiger partial charge on any atom is -0.462 e. The number of rotatable bonds is 0. The van der Waals surface area contributed by atoms with Crippen LogP contribution in [0, 0.1) is 5.92 Å². The Hall–Kier alpha value is -0.530. The zero-order valence-electron chi connectivity index (χ0n) is 7.89. The van der Waals surface area contributed by atoms with E-state index in [0.29, 0.717) is 12.3 Å². The summed E-state index contributed by atoms with van der Waals surface area (Å²) < 4.78 is 4.96. The van der Waals surface area contributed by atoms with Crippen LogP contribution in [0.3, 0.4) is 0 Å². The van der Waals surface area contributed by atoms with Gasteiger partial charge in [-0.2, -0.15) is 0 Å². The normalized spacial score (nSPS) is 30.0. The highest BCUT2D eigenvalue weighted by molar-refractivity contribution is 5.70. The van der Waals surface area contributed by atoms with Crippen molar-refractivity contribution in [3.8, 4) is 0 Å². The monoisotopic (exact) mass is 158 g/mol. The first-order valence-corrected chi connectivity index (χ1v) is 4.39. The SMILES string of the molecule is CC.C[C@@H]1CCC(=O)O[C@@H]1C. The molecule has 0 aromatic rings. The van der Waals surface area contributed by atoms with Crippen LogP contribution in [-0.2, 0) is 9.53 Å². The molecule has 0 aliphatic carbocycles. The van der Waals surface area contributed by atoms with Crippen LogP contribution in [0.15, 0.2) is 0 Å². The van der Waals surface area contributed by atoms with E-state index in [1.165, 1.54) is 0 Å². The highest BCUT2D eigenvalue weighted by Crippen LogP contribution is 2.19. The third-order valence-electron chi connectivity index (χ3n) is 1.92. The van der Waals surface area contributed by atoms with E-state index in [1.807, 2.05) is 20.8 Å². The van der Waals surface area contributed by atoms with E-state index in [9.17, 15) is 4.79 Å². The molecule has 1 fully saturated rings. The average Bonchev–Trinajstić information content (AvgIpc) is 2.02. The van der Waals surface area contributed by atoms with Gasteiger partial charge >= 0.3 is 5.97 Å². The number of esters is 1. The predicted octanol–water partition coefficient (Wildman–Crippen LogP) is 2.37. The van der Waals surface area contributed by atoms with E-state index in [4.69, 9.17) is 4.74 Å². The first kappa shape index (κ1) is 10.5. The summed E-state index contributed by atoms with van der Waals surface area (Å²) in [7, 11) is 0. The Morgan fingerprint density at radius 2 is 1.91 bits per heavy atom. The Bertz CT molecular complexity index is 121. The molecule has 2 heteroatoms. The molecule has 0 radical (unpaired) electrons. The first-order valence-electron chi connectivity index (χ1n) is 4.39. The summed E-state index contributed by atoms with van der Waals surface area (Å²) in [5.41, 5.74) is 0. The highest BCUT2D eigenvalue weighted by Gasteiger charge is 2.22. The van der Waals surface area contributed by atoms with Crippen molar-refractivity contribution in [3.63, 3.8) is 0 Å². The lowest BCUT2D eigenvalue weighted by atomic mass is 9.98. The van der Waals surface area contributed by atoms with Crippen LogP contribution in [0.25, 0.3) is 0 Å². The molecule has 0 bridgehead atoms. The minimum atomic E-state index is -0.0411. The fourth-order valence-corrected chi connectivity index (χ4v) is 0.963. The molecule has 1 rings (SSSR count). The molecule has 0 N–H and O–H groups in total. The molecule has 1 heterocycles. The Labute approximate surface area is 68.9 Å². The third kappa shape index (κ3) is 3.40. The van der Waals surface area contributed by atoms with Crippen LogP contribution in [0.4, 0.5) is 0 Å². The Morgan fingerprint density at radius 3 is 2.27 bits per heavy atom. The van der Waals surface area contributed by atoms with Gasteiger partial charge in [-0.05, 0) is 19.3 Å². The average molecular weight is 158 g/mol. The topological polar surface area (TPSA) is 26.3 Å². The molecule has 2 atom stereocenters. The maximum atomic E-state index is 10.6. The smallest absolute Gasteiger partial charge is 0.306 e. The molecule has 11 heavy (non-hydrogen) atoms. The maximum Gasteiger partial charge on any atom is 0.306 e. The quantitative estimate of drug-likeness (QED) is 0.506. The molecule has 0 amide bonds. The standard InChI is InChI=1S/C7H12O2.C2H6/c1-5-3-4-7(8)9-6(5)2;1-2/h5-6H,3-4H2,1-2H3;1-2H3/t5-,6-;/m1./s1. The highest BCUT2D eigenvalue weighted by atomic mass is 16.5. The second-order valence-corrected chi connectivity index (χ2v) is 2.71. The van der Waals surface area contributed by atoms with E-state index < -0.39 is 0 Å². The number of hydrogen-bond donors (Lipinski definition) is 0.